The first kappa shape index (κ1) is 14.8. The van der Waals surface area contributed by atoms with Crippen molar-refractivity contribution in [1.29, 1.82) is 0 Å². The average Bonchev–Trinajstić information content (AvgIpc) is 3.29. The van der Waals surface area contributed by atoms with Crippen molar-refractivity contribution < 1.29 is 9.90 Å². The van der Waals surface area contributed by atoms with E-state index in [0.717, 1.165) is 12.1 Å². The summed E-state index contributed by atoms with van der Waals surface area (Å²) in [5.41, 5.74) is 4.44. The highest BCUT2D eigenvalue weighted by molar-refractivity contribution is 5.87. The number of carboxylic acid groups (broad SMARTS) is 1. The zero-order valence-electron chi connectivity index (χ0n) is 12.8. The van der Waals surface area contributed by atoms with Gasteiger partial charge in [-0.05, 0) is 48.6 Å². The number of carbonyl (C=O) groups is 1. The molecule has 2 aromatic rings. The molecule has 0 spiro atoms. The SMILES string of the molecule is Cc1ccccc1C1(CNCc2cccc(C(=O)O)c2)CC1. The highest BCUT2D eigenvalue weighted by Crippen LogP contribution is 2.48. The Hall–Kier alpha value is -2.13. The topological polar surface area (TPSA) is 49.3 Å². The van der Waals surface area contributed by atoms with E-state index in [1.54, 1.807) is 18.2 Å². The molecule has 0 unspecified atom stereocenters. The summed E-state index contributed by atoms with van der Waals surface area (Å²) in [4.78, 5) is 11.0. The van der Waals surface area contributed by atoms with Gasteiger partial charge in [0.2, 0.25) is 0 Å². The van der Waals surface area contributed by atoms with Crippen molar-refractivity contribution in [3.63, 3.8) is 0 Å². The molecular weight excluding hydrogens is 274 g/mol. The number of hydrogen-bond acceptors (Lipinski definition) is 2. The molecule has 1 aliphatic rings. The van der Waals surface area contributed by atoms with Crippen LogP contribution in [0.25, 0.3) is 0 Å². The summed E-state index contributed by atoms with van der Waals surface area (Å²) >= 11 is 0. The van der Waals surface area contributed by atoms with Crippen LogP contribution >= 0.6 is 0 Å². The summed E-state index contributed by atoms with van der Waals surface area (Å²) in [6.07, 6.45) is 2.44. The molecule has 0 aliphatic heterocycles. The fraction of sp³-hybridized carbons (Fsp3) is 0.316. The van der Waals surface area contributed by atoms with E-state index < -0.39 is 5.97 Å². The molecule has 0 heterocycles. The monoisotopic (exact) mass is 295 g/mol. The van der Waals surface area contributed by atoms with Gasteiger partial charge < -0.3 is 10.4 Å². The molecule has 2 aromatic carbocycles. The predicted octanol–water partition coefficient (Wildman–Crippen LogP) is 3.51. The lowest BCUT2D eigenvalue weighted by Crippen LogP contribution is -2.27. The maximum atomic E-state index is 11.0. The smallest absolute Gasteiger partial charge is 0.335 e. The average molecular weight is 295 g/mol. The van der Waals surface area contributed by atoms with Gasteiger partial charge in [0.15, 0.2) is 0 Å². The molecule has 0 radical (unpaired) electrons. The van der Waals surface area contributed by atoms with Gasteiger partial charge in [-0.15, -0.1) is 0 Å². The molecule has 1 saturated carbocycles. The normalized spacial score (nSPS) is 15.5. The van der Waals surface area contributed by atoms with Gasteiger partial charge in [-0.2, -0.15) is 0 Å². The van der Waals surface area contributed by atoms with Crippen LogP contribution in [0.4, 0.5) is 0 Å². The van der Waals surface area contributed by atoms with Gasteiger partial charge in [0.25, 0.3) is 0 Å². The Balaban J connectivity index is 1.63. The summed E-state index contributed by atoms with van der Waals surface area (Å²) < 4.78 is 0. The number of carboxylic acids is 1. The Labute approximate surface area is 131 Å². The van der Waals surface area contributed by atoms with Gasteiger partial charge in [0.05, 0.1) is 5.56 Å². The predicted molar refractivity (Wildman–Crippen MR) is 87.2 cm³/mol. The zero-order chi connectivity index (χ0) is 15.6. The maximum absolute atomic E-state index is 11.0. The Morgan fingerprint density at radius 3 is 2.64 bits per heavy atom. The van der Waals surface area contributed by atoms with Crippen LogP contribution in [0.3, 0.4) is 0 Å². The number of nitrogens with one attached hydrogen (secondary N) is 1. The van der Waals surface area contributed by atoms with Crippen LogP contribution in [0.1, 0.15) is 39.9 Å². The van der Waals surface area contributed by atoms with E-state index in [2.05, 4.69) is 36.5 Å². The summed E-state index contributed by atoms with van der Waals surface area (Å²) in [5.74, 6) is -0.875. The van der Waals surface area contributed by atoms with Crippen LogP contribution in [-0.4, -0.2) is 17.6 Å². The first-order valence-electron chi connectivity index (χ1n) is 7.70. The molecule has 0 saturated heterocycles. The maximum Gasteiger partial charge on any atom is 0.335 e. The zero-order valence-corrected chi connectivity index (χ0v) is 12.8. The molecule has 0 aromatic heterocycles. The van der Waals surface area contributed by atoms with E-state index in [-0.39, 0.29) is 5.41 Å². The fourth-order valence-electron chi connectivity index (χ4n) is 3.12. The van der Waals surface area contributed by atoms with Gasteiger partial charge in [-0.1, -0.05) is 36.4 Å². The number of benzene rings is 2. The molecule has 3 heteroatoms. The van der Waals surface area contributed by atoms with Crippen LogP contribution in [0.5, 0.6) is 0 Å². The van der Waals surface area contributed by atoms with Crippen molar-refractivity contribution in [2.75, 3.05) is 6.54 Å². The van der Waals surface area contributed by atoms with E-state index >= 15 is 0 Å². The van der Waals surface area contributed by atoms with Crippen molar-refractivity contribution in [2.45, 2.75) is 31.7 Å². The Morgan fingerprint density at radius 2 is 1.95 bits per heavy atom. The number of aryl methyl sites for hydroxylation is 1. The van der Waals surface area contributed by atoms with E-state index in [0.29, 0.717) is 12.1 Å². The molecule has 1 fully saturated rings. The third kappa shape index (κ3) is 3.04. The lowest BCUT2D eigenvalue weighted by atomic mass is 9.92. The van der Waals surface area contributed by atoms with E-state index in [9.17, 15) is 4.79 Å². The van der Waals surface area contributed by atoms with E-state index in [1.165, 1.54) is 24.0 Å². The fourth-order valence-corrected chi connectivity index (χ4v) is 3.12. The number of rotatable bonds is 6. The molecule has 3 nitrogen and oxygen atoms in total. The number of aromatic carboxylic acids is 1. The first-order chi connectivity index (χ1) is 10.6. The van der Waals surface area contributed by atoms with Gasteiger partial charge in [0.1, 0.15) is 0 Å². The number of hydrogen-bond donors (Lipinski definition) is 2. The van der Waals surface area contributed by atoms with Crippen molar-refractivity contribution in [1.82, 2.24) is 5.32 Å². The highest BCUT2D eigenvalue weighted by atomic mass is 16.4. The molecule has 22 heavy (non-hydrogen) atoms. The lowest BCUT2D eigenvalue weighted by molar-refractivity contribution is 0.0696. The second-order valence-corrected chi connectivity index (χ2v) is 6.20. The quantitative estimate of drug-likeness (QED) is 0.857. The van der Waals surface area contributed by atoms with E-state index in [1.807, 2.05) is 6.07 Å². The van der Waals surface area contributed by atoms with Crippen LogP contribution < -0.4 is 5.32 Å². The lowest BCUT2D eigenvalue weighted by Gasteiger charge is -2.19. The van der Waals surface area contributed by atoms with Crippen LogP contribution in [0, 0.1) is 6.92 Å². The summed E-state index contributed by atoms with van der Waals surface area (Å²) in [6.45, 7) is 3.82. The third-order valence-electron chi connectivity index (χ3n) is 4.54. The Kier molecular flexibility index (Phi) is 3.99. The standard InChI is InChI=1S/C19H21NO2/c1-14-5-2-3-8-17(14)19(9-10-19)13-20-12-15-6-4-7-16(11-15)18(21)22/h2-8,11,20H,9-10,12-13H2,1H3,(H,21,22). The Bertz CT molecular complexity index is 689. The van der Waals surface area contributed by atoms with Crippen LogP contribution in [0.15, 0.2) is 48.5 Å². The molecule has 0 amide bonds. The molecule has 114 valence electrons. The minimum atomic E-state index is -0.875. The van der Waals surface area contributed by atoms with Gasteiger partial charge in [-0.3, -0.25) is 0 Å². The summed E-state index contributed by atoms with van der Waals surface area (Å²) in [5, 5.41) is 12.5. The molecule has 2 N–H and O–H groups in total. The Morgan fingerprint density at radius 1 is 1.18 bits per heavy atom. The van der Waals surface area contributed by atoms with Gasteiger partial charge in [-0.25, -0.2) is 4.79 Å². The van der Waals surface area contributed by atoms with Crippen molar-refractivity contribution >= 4 is 5.97 Å². The second kappa shape index (κ2) is 5.93. The van der Waals surface area contributed by atoms with Crippen molar-refractivity contribution in [3.8, 4) is 0 Å². The molecular formula is C19H21NO2. The van der Waals surface area contributed by atoms with Gasteiger partial charge >= 0.3 is 5.97 Å². The summed E-state index contributed by atoms with van der Waals surface area (Å²) in [7, 11) is 0. The minimum Gasteiger partial charge on any atom is -0.478 e. The summed E-state index contributed by atoms with van der Waals surface area (Å²) in [6, 6.07) is 15.7. The van der Waals surface area contributed by atoms with Crippen molar-refractivity contribution in [2.24, 2.45) is 0 Å². The van der Waals surface area contributed by atoms with Gasteiger partial charge in [0, 0.05) is 18.5 Å². The van der Waals surface area contributed by atoms with Crippen LogP contribution in [0.2, 0.25) is 0 Å². The minimum absolute atomic E-state index is 0.274. The van der Waals surface area contributed by atoms with Crippen molar-refractivity contribution in [3.05, 3.63) is 70.8 Å². The first-order valence-corrected chi connectivity index (χ1v) is 7.70. The molecule has 0 bridgehead atoms. The largest absolute Gasteiger partial charge is 0.478 e. The third-order valence-corrected chi connectivity index (χ3v) is 4.54. The molecule has 0 atom stereocenters. The molecule has 3 rings (SSSR count). The van der Waals surface area contributed by atoms with E-state index in [4.69, 9.17) is 5.11 Å². The molecule has 1 aliphatic carbocycles. The highest BCUT2D eigenvalue weighted by Gasteiger charge is 2.44. The second-order valence-electron chi connectivity index (χ2n) is 6.20. The van der Waals surface area contributed by atoms with Crippen LogP contribution in [-0.2, 0) is 12.0 Å².